The van der Waals surface area contributed by atoms with Crippen molar-refractivity contribution in [3.8, 4) is 0 Å². The molecule has 188 valence electrons. The second-order valence-corrected chi connectivity index (χ2v) is 17.2. The van der Waals surface area contributed by atoms with Crippen LogP contribution in [0.15, 0.2) is 41.8 Å². The van der Waals surface area contributed by atoms with E-state index in [0.29, 0.717) is 0 Å². The Bertz CT molecular complexity index is 886. The van der Waals surface area contributed by atoms with Crippen LogP contribution < -0.4 is 0 Å². The standard InChI is InChI=1S/C25H42O6SSi/c1-10-11-12-13-21(31-33(8,9)24(3,4)5)23-22(29-25(6,7)30-23)18-28-32(26,27)20-16-14-19(2)15-17-20/h10,14-17,21-23H,1,11-13,18H2,2-9H3/t21-,22+,23+/m1/s1. The molecule has 0 N–H and O–H groups in total. The van der Waals surface area contributed by atoms with Gasteiger partial charge in [0.2, 0.25) is 0 Å². The highest BCUT2D eigenvalue weighted by Crippen LogP contribution is 2.41. The zero-order valence-corrected chi connectivity index (χ0v) is 23.3. The van der Waals surface area contributed by atoms with Crippen LogP contribution in [0.5, 0.6) is 0 Å². The molecule has 0 spiro atoms. The Balaban J connectivity index is 2.24. The van der Waals surface area contributed by atoms with Crippen molar-refractivity contribution < 1.29 is 26.5 Å². The average molecular weight is 499 g/mol. The van der Waals surface area contributed by atoms with E-state index in [2.05, 4.69) is 40.4 Å². The van der Waals surface area contributed by atoms with Crippen LogP contribution in [0.25, 0.3) is 0 Å². The molecule has 0 radical (unpaired) electrons. The van der Waals surface area contributed by atoms with Gasteiger partial charge in [-0.1, -0.05) is 44.5 Å². The van der Waals surface area contributed by atoms with Crippen molar-refractivity contribution >= 4 is 18.4 Å². The van der Waals surface area contributed by atoms with E-state index in [1.54, 1.807) is 24.3 Å². The van der Waals surface area contributed by atoms with E-state index >= 15 is 0 Å². The number of hydrogen-bond acceptors (Lipinski definition) is 6. The number of allylic oxidation sites excluding steroid dienone is 1. The number of aryl methyl sites for hydroxylation is 1. The summed E-state index contributed by atoms with van der Waals surface area (Å²) in [7, 11) is -6.02. The van der Waals surface area contributed by atoms with Gasteiger partial charge in [0.1, 0.15) is 12.2 Å². The predicted molar refractivity (Wildman–Crippen MR) is 134 cm³/mol. The highest BCUT2D eigenvalue weighted by atomic mass is 32.2. The molecule has 1 saturated heterocycles. The molecule has 6 nitrogen and oxygen atoms in total. The third kappa shape index (κ3) is 7.73. The lowest BCUT2D eigenvalue weighted by Gasteiger charge is -2.41. The van der Waals surface area contributed by atoms with Crippen LogP contribution in [-0.2, 0) is 28.2 Å². The van der Waals surface area contributed by atoms with Crippen molar-refractivity contribution in [1.82, 2.24) is 0 Å². The van der Waals surface area contributed by atoms with Gasteiger partial charge in [-0.2, -0.15) is 8.42 Å². The smallest absolute Gasteiger partial charge is 0.297 e. The molecule has 33 heavy (non-hydrogen) atoms. The van der Waals surface area contributed by atoms with Crippen molar-refractivity contribution in [3.05, 3.63) is 42.5 Å². The van der Waals surface area contributed by atoms with Crippen LogP contribution >= 0.6 is 0 Å². The third-order valence-electron chi connectivity index (χ3n) is 6.43. The average Bonchev–Trinajstić information content (AvgIpc) is 3.00. The highest BCUT2D eigenvalue weighted by molar-refractivity contribution is 7.86. The maximum Gasteiger partial charge on any atom is 0.297 e. The van der Waals surface area contributed by atoms with E-state index in [0.717, 1.165) is 24.8 Å². The molecule has 1 aromatic rings. The van der Waals surface area contributed by atoms with Crippen molar-refractivity contribution in [2.75, 3.05) is 6.61 Å². The van der Waals surface area contributed by atoms with Gasteiger partial charge in [-0.25, -0.2) is 0 Å². The first-order chi connectivity index (χ1) is 15.1. The van der Waals surface area contributed by atoms with Crippen LogP contribution in [0.1, 0.15) is 59.4 Å². The summed E-state index contributed by atoms with van der Waals surface area (Å²) in [4.78, 5) is 0.128. The Morgan fingerprint density at radius 2 is 1.79 bits per heavy atom. The SMILES string of the molecule is C=CCCC[C@@H](O[Si](C)(C)C(C)(C)C)[C@@H]1OC(C)(C)O[C@H]1COS(=O)(=O)c1ccc(C)cc1. The largest absolute Gasteiger partial charge is 0.411 e. The molecule has 0 unspecified atom stereocenters. The second-order valence-electron chi connectivity index (χ2n) is 10.8. The van der Waals surface area contributed by atoms with E-state index < -0.39 is 36.4 Å². The molecule has 0 bridgehead atoms. The predicted octanol–water partition coefficient (Wildman–Crippen LogP) is 5.97. The Labute approximate surface area is 201 Å². The molecule has 1 heterocycles. The lowest BCUT2D eigenvalue weighted by atomic mass is 10.0. The summed E-state index contributed by atoms with van der Waals surface area (Å²) in [6, 6.07) is 6.60. The fourth-order valence-corrected chi connectivity index (χ4v) is 5.83. The van der Waals surface area contributed by atoms with Gasteiger partial charge in [0.05, 0.1) is 17.6 Å². The molecule has 2 rings (SSSR count). The minimum Gasteiger partial charge on any atom is -0.411 e. The molecule has 1 aliphatic rings. The van der Waals surface area contributed by atoms with Crippen molar-refractivity contribution in [3.63, 3.8) is 0 Å². The van der Waals surface area contributed by atoms with Gasteiger partial charge in [-0.3, -0.25) is 4.18 Å². The molecule has 8 heteroatoms. The third-order valence-corrected chi connectivity index (χ3v) is 12.2. The number of benzene rings is 1. The van der Waals surface area contributed by atoms with Gasteiger partial charge >= 0.3 is 0 Å². The summed E-state index contributed by atoms with van der Waals surface area (Å²) in [5.41, 5.74) is 0.980. The summed E-state index contributed by atoms with van der Waals surface area (Å²) in [5.74, 6) is -0.861. The quantitative estimate of drug-likeness (QED) is 0.162. The van der Waals surface area contributed by atoms with Crippen LogP contribution in [0.4, 0.5) is 0 Å². The summed E-state index contributed by atoms with van der Waals surface area (Å²) in [5, 5.41) is 0.0272. The Morgan fingerprint density at radius 1 is 1.18 bits per heavy atom. The monoisotopic (exact) mass is 498 g/mol. The molecular formula is C25H42O6SSi. The number of ether oxygens (including phenoxy) is 2. The van der Waals surface area contributed by atoms with Crippen LogP contribution in [-0.4, -0.2) is 47.4 Å². The van der Waals surface area contributed by atoms with Gasteiger partial charge in [0.15, 0.2) is 14.1 Å². The maximum atomic E-state index is 12.8. The van der Waals surface area contributed by atoms with Crippen LogP contribution in [0, 0.1) is 6.92 Å². The van der Waals surface area contributed by atoms with Crippen LogP contribution in [0.3, 0.4) is 0 Å². The minimum atomic E-state index is -3.91. The second kappa shape index (κ2) is 10.7. The number of hydrogen-bond donors (Lipinski definition) is 0. The lowest BCUT2D eigenvalue weighted by Crippen LogP contribution is -2.50. The Morgan fingerprint density at radius 3 is 2.33 bits per heavy atom. The van der Waals surface area contributed by atoms with E-state index in [1.165, 1.54) is 0 Å². The molecule has 0 saturated carbocycles. The summed E-state index contributed by atoms with van der Waals surface area (Å²) >= 11 is 0. The molecule has 1 aliphatic heterocycles. The van der Waals surface area contributed by atoms with Crippen molar-refractivity contribution in [2.24, 2.45) is 0 Å². The summed E-state index contributed by atoms with van der Waals surface area (Å²) in [6.45, 7) is 20.3. The molecule has 0 aromatic heterocycles. The normalized spacial score (nSPS) is 22.3. The van der Waals surface area contributed by atoms with E-state index in [1.807, 2.05) is 26.8 Å². The molecule has 0 aliphatic carbocycles. The number of unbranched alkanes of at least 4 members (excludes halogenated alkanes) is 1. The van der Waals surface area contributed by atoms with E-state index in [-0.39, 0.29) is 22.6 Å². The van der Waals surface area contributed by atoms with E-state index in [9.17, 15) is 8.42 Å². The Hall–Kier alpha value is -1.03. The maximum absolute atomic E-state index is 12.8. The molecule has 1 aromatic carbocycles. The minimum absolute atomic E-state index is 0.0272. The van der Waals surface area contributed by atoms with Gasteiger partial charge in [0.25, 0.3) is 10.1 Å². The van der Waals surface area contributed by atoms with Gasteiger partial charge in [0, 0.05) is 0 Å². The first kappa shape index (κ1) is 28.2. The summed E-state index contributed by atoms with van der Waals surface area (Å²) < 4.78 is 50.1. The zero-order chi connectivity index (χ0) is 25.1. The fraction of sp³-hybridized carbons (Fsp3) is 0.680. The van der Waals surface area contributed by atoms with E-state index in [4.69, 9.17) is 18.1 Å². The summed E-state index contributed by atoms with van der Waals surface area (Å²) in [6.07, 6.45) is 3.20. The lowest BCUT2D eigenvalue weighted by molar-refractivity contribution is -0.155. The van der Waals surface area contributed by atoms with Gasteiger partial charge in [-0.15, -0.1) is 6.58 Å². The van der Waals surface area contributed by atoms with Crippen molar-refractivity contribution in [2.45, 2.75) is 108 Å². The first-order valence-corrected chi connectivity index (χ1v) is 16.0. The van der Waals surface area contributed by atoms with Crippen molar-refractivity contribution in [1.29, 1.82) is 0 Å². The zero-order valence-electron chi connectivity index (χ0n) is 21.5. The Kier molecular flexibility index (Phi) is 9.15. The molecule has 0 amide bonds. The van der Waals surface area contributed by atoms with Gasteiger partial charge < -0.3 is 13.9 Å². The molecule has 3 atom stereocenters. The fourth-order valence-electron chi connectivity index (χ4n) is 3.55. The molecule has 1 fully saturated rings. The number of rotatable bonds is 11. The van der Waals surface area contributed by atoms with Gasteiger partial charge in [-0.05, 0) is 70.3 Å². The molecular weight excluding hydrogens is 456 g/mol. The highest BCUT2D eigenvalue weighted by Gasteiger charge is 2.49. The van der Waals surface area contributed by atoms with Crippen LogP contribution in [0.2, 0.25) is 18.1 Å². The first-order valence-electron chi connectivity index (χ1n) is 11.7. The topological polar surface area (TPSA) is 71.1 Å².